The zero-order valence-corrected chi connectivity index (χ0v) is 19.2. The lowest BCUT2D eigenvalue weighted by Crippen LogP contribution is -2.09. The van der Waals surface area contributed by atoms with Gasteiger partial charge in [0.25, 0.3) is 0 Å². The van der Waals surface area contributed by atoms with Crippen molar-refractivity contribution in [1.82, 2.24) is 9.78 Å². The minimum Gasteiger partial charge on any atom is -0.461 e. The van der Waals surface area contributed by atoms with E-state index in [-0.39, 0.29) is 12.4 Å². The first-order valence-corrected chi connectivity index (χ1v) is 11.4. The SMILES string of the molecule is CCOC(=O)c1nn(-c2ccc(Cl)cc2Cl)c2c1CCCCC/C2=C\c1ccc(F)cc1. The second-order valence-corrected chi connectivity index (χ2v) is 8.53. The molecular weight excluding hydrogens is 450 g/mol. The van der Waals surface area contributed by atoms with Gasteiger partial charge in [-0.3, -0.25) is 0 Å². The monoisotopic (exact) mass is 472 g/mol. The first-order valence-electron chi connectivity index (χ1n) is 10.7. The van der Waals surface area contributed by atoms with Gasteiger partial charge < -0.3 is 4.74 Å². The normalized spacial score (nSPS) is 15.2. The lowest BCUT2D eigenvalue weighted by molar-refractivity contribution is 0.0517. The molecule has 0 saturated heterocycles. The fourth-order valence-electron chi connectivity index (χ4n) is 4.02. The van der Waals surface area contributed by atoms with Gasteiger partial charge in [-0.1, -0.05) is 41.8 Å². The minimum atomic E-state index is -0.450. The Bertz CT molecular complexity index is 1170. The molecule has 1 aliphatic carbocycles. The summed E-state index contributed by atoms with van der Waals surface area (Å²) in [6, 6.07) is 11.5. The summed E-state index contributed by atoms with van der Waals surface area (Å²) in [5.74, 6) is -0.734. The molecular formula is C25H23Cl2FN2O2. The lowest BCUT2D eigenvalue weighted by atomic mass is 9.91. The van der Waals surface area contributed by atoms with E-state index in [2.05, 4.69) is 5.10 Å². The number of carbonyl (C=O) groups excluding carboxylic acids is 1. The number of carbonyl (C=O) groups is 1. The summed E-state index contributed by atoms with van der Waals surface area (Å²) >= 11 is 12.6. The Morgan fingerprint density at radius 3 is 2.59 bits per heavy atom. The molecule has 1 aliphatic rings. The smallest absolute Gasteiger partial charge is 0.359 e. The largest absolute Gasteiger partial charge is 0.461 e. The Morgan fingerprint density at radius 1 is 1.12 bits per heavy atom. The number of hydrogen-bond donors (Lipinski definition) is 0. The van der Waals surface area contributed by atoms with Crippen molar-refractivity contribution in [2.45, 2.75) is 39.0 Å². The number of allylic oxidation sites excluding steroid dienone is 1. The van der Waals surface area contributed by atoms with Crippen LogP contribution in [0.3, 0.4) is 0 Å². The molecule has 0 unspecified atom stereocenters. The molecule has 0 aliphatic heterocycles. The van der Waals surface area contributed by atoms with Crippen molar-refractivity contribution >= 4 is 40.8 Å². The molecule has 0 atom stereocenters. The molecule has 4 nitrogen and oxygen atoms in total. The number of benzene rings is 2. The van der Waals surface area contributed by atoms with E-state index in [0.717, 1.165) is 48.1 Å². The van der Waals surface area contributed by atoms with Gasteiger partial charge in [0.05, 0.1) is 23.0 Å². The van der Waals surface area contributed by atoms with Gasteiger partial charge in [0.2, 0.25) is 0 Å². The number of ether oxygens (including phenoxy) is 1. The van der Waals surface area contributed by atoms with Crippen LogP contribution < -0.4 is 0 Å². The fourth-order valence-corrected chi connectivity index (χ4v) is 4.51. The third-order valence-electron chi connectivity index (χ3n) is 5.48. The first kappa shape index (κ1) is 22.6. The van der Waals surface area contributed by atoms with Crippen molar-refractivity contribution in [1.29, 1.82) is 0 Å². The lowest BCUT2D eigenvalue weighted by Gasteiger charge is -2.17. The zero-order valence-electron chi connectivity index (χ0n) is 17.7. The third kappa shape index (κ3) is 4.74. The molecule has 0 fully saturated rings. The van der Waals surface area contributed by atoms with Gasteiger partial charge >= 0.3 is 5.97 Å². The van der Waals surface area contributed by atoms with E-state index in [1.165, 1.54) is 12.1 Å². The van der Waals surface area contributed by atoms with Gasteiger partial charge in [-0.2, -0.15) is 5.10 Å². The second-order valence-electron chi connectivity index (χ2n) is 7.69. The minimum absolute atomic E-state index is 0.264. The summed E-state index contributed by atoms with van der Waals surface area (Å²) < 4.78 is 20.5. The van der Waals surface area contributed by atoms with E-state index in [0.29, 0.717) is 27.8 Å². The Hall–Kier alpha value is -2.63. The van der Waals surface area contributed by atoms with Crippen molar-refractivity contribution in [3.63, 3.8) is 0 Å². The summed E-state index contributed by atoms with van der Waals surface area (Å²) in [4.78, 5) is 12.8. The molecule has 0 spiro atoms. The van der Waals surface area contributed by atoms with E-state index in [1.807, 2.05) is 6.08 Å². The quantitative estimate of drug-likeness (QED) is 0.378. The average molecular weight is 473 g/mol. The van der Waals surface area contributed by atoms with Crippen LogP contribution >= 0.6 is 23.2 Å². The van der Waals surface area contributed by atoms with Crippen LogP contribution in [0.25, 0.3) is 17.3 Å². The third-order valence-corrected chi connectivity index (χ3v) is 6.02. The van der Waals surface area contributed by atoms with E-state index < -0.39 is 5.97 Å². The molecule has 7 heteroatoms. The highest BCUT2D eigenvalue weighted by molar-refractivity contribution is 6.35. The Morgan fingerprint density at radius 2 is 1.88 bits per heavy atom. The van der Waals surface area contributed by atoms with E-state index in [4.69, 9.17) is 27.9 Å². The molecule has 0 saturated carbocycles. The summed E-state index contributed by atoms with van der Waals surface area (Å²) in [5, 5.41) is 5.62. The van der Waals surface area contributed by atoms with Crippen LogP contribution in [0, 0.1) is 5.82 Å². The van der Waals surface area contributed by atoms with Crippen LogP contribution in [-0.4, -0.2) is 22.4 Å². The van der Waals surface area contributed by atoms with Gasteiger partial charge in [-0.25, -0.2) is 13.9 Å². The molecule has 0 bridgehead atoms. The van der Waals surface area contributed by atoms with E-state index >= 15 is 0 Å². The highest BCUT2D eigenvalue weighted by Gasteiger charge is 2.28. The van der Waals surface area contributed by atoms with Crippen LogP contribution in [-0.2, 0) is 11.2 Å². The molecule has 32 heavy (non-hydrogen) atoms. The summed E-state index contributed by atoms with van der Waals surface area (Å²) in [7, 11) is 0. The average Bonchev–Trinajstić information content (AvgIpc) is 3.11. The second kappa shape index (κ2) is 9.88. The van der Waals surface area contributed by atoms with Gasteiger partial charge in [-0.05, 0) is 80.2 Å². The Labute approximate surface area is 196 Å². The summed E-state index contributed by atoms with van der Waals surface area (Å²) in [6.07, 6.45) is 6.51. The van der Waals surface area contributed by atoms with Crippen molar-refractivity contribution in [3.05, 3.63) is 80.8 Å². The van der Waals surface area contributed by atoms with Crippen molar-refractivity contribution in [2.75, 3.05) is 6.61 Å². The zero-order chi connectivity index (χ0) is 22.7. The molecule has 0 radical (unpaired) electrons. The molecule has 4 rings (SSSR count). The van der Waals surface area contributed by atoms with Crippen LogP contribution in [0.2, 0.25) is 10.0 Å². The Balaban J connectivity index is 1.96. The first-order chi connectivity index (χ1) is 15.5. The van der Waals surface area contributed by atoms with Crippen LogP contribution in [0.1, 0.15) is 59.9 Å². The molecule has 1 heterocycles. The maximum atomic E-state index is 13.4. The number of halogens is 3. The topological polar surface area (TPSA) is 44.1 Å². The predicted molar refractivity (Wildman–Crippen MR) is 126 cm³/mol. The molecule has 0 N–H and O–H groups in total. The van der Waals surface area contributed by atoms with Crippen LogP contribution in [0.4, 0.5) is 4.39 Å². The van der Waals surface area contributed by atoms with Crippen LogP contribution in [0.5, 0.6) is 0 Å². The van der Waals surface area contributed by atoms with Crippen molar-refractivity contribution < 1.29 is 13.9 Å². The number of nitrogens with zero attached hydrogens (tertiary/aromatic N) is 2. The summed E-state index contributed by atoms with van der Waals surface area (Å²) in [6.45, 7) is 2.04. The number of aromatic nitrogens is 2. The highest BCUT2D eigenvalue weighted by Crippen LogP contribution is 2.36. The molecule has 2 aromatic carbocycles. The highest BCUT2D eigenvalue weighted by atomic mass is 35.5. The molecule has 166 valence electrons. The standard InChI is InChI=1S/C25H23Cl2FN2O2/c1-2-32-25(31)23-20-7-5-3-4-6-17(14-16-8-11-19(28)12-9-16)24(20)30(29-23)22-13-10-18(26)15-21(22)27/h8-15H,2-7H2,1H3/b17-14+. The molecule has 1 aromatic heterocycles. The van der Waals surface area contributed by atoms with Gasteiger partial charge in [-0.15, -0.1) is 0 Å². The Kier molecular flexibility index (Phi) is 6.97. The van der Waals surface area contributed by atoms with Crippen molar-refractivity contribution in [2.24, 2.45) is 0 Å². The maximum absolute atomic E-state index is 13.4. The number of fused-ring (bicyclic) bond motifs is 1. The number of hydrogen-bond acceptors (Lipinski definition) is 3. The predicted octanol–water partition coefficient (Wildman–Crippen LogP) is 7.15. The maximum Gasteiger partial charge on any atom is 0.359 e. The van der Waals surface area contributed by atoms with Crippen molar-refractivity contribution in [3.8, 4) is 5.69 Å². The molecule has 3 aromatic rings. The number of esters is 1. The van der Waals surface area contributed by atoms with Crippen LogP contribution in [0.15, 0.2) is 42.5 Å². The van der Waals surface area contributed by atoms with E-state index in [9.17, 15) is 9.18 Å². The molecule has 0 amide bonds. The van der Waals surface area contributed by atoms with E-state index in [1.54, 1.807) is 41.9 Å². The van der Waals surface area contributed by atoms with Gasteiger partial charge in [0.15, 0.2) is 5.69 Å². The number of rotatable bonds is 4. The fraction of sp³-hybridized carbons (Fsp3) is 0.280. The summed E-state index contributed by atoms with van der Waals surface area (Å²) in [5.41, 5.74) is 4.51. The van der Waals surface area contributed by atoms with Gasteiger partial charge in [0, 0.05) is 10.6 Å². The van der Waals surface area contributed by atoms with Gasteiger partial charge in [0.1, 0.15) is 5.82 Å².